The van der Waals surface area contributed by atoms with Crippen molar-refractivity contribution >= 4 is 28.6 Å². The maximum atomic E-state index is 12.4. The first-order valence-electron chi connectivity index (χ1n) is 9.10. The molecule has 1 amide bonds. The third-order valence-corrected chi connectivity index (χ3v) is 6.26. The Morgan fingerprint density at radius 1 is 1.10 bits per heavy atom. The number of thiazole rings is 1. The van der Waals surface area contributed by atoms with Gasteiger partial charge in [0.25, 0.3) is 0 Å². The summed E-state index contributed by atoms with van der Waals surface area (Å²) in [4.78, 5) is 19.3. The van der Waals surface area contributed by atoms with Crippen molar-refractivity contribution in [1.82, 2.24) is 10.3 Å². The van der Waals surface area contributed by atoms with Crippen LogP contribution in [0.5, 0.6) is 17.2 Å². The largest absolute Gasteiger partial charge is 0.493 e. The van der Waals surface area contributed by atoms with Crippen LogP contribution in [0.25, 0.3) is 10.6 Å². The van der Waals surface area contributed by atoms with Crippen LogP contribution < -0.4 is 19.5 Å². The summed E-state index contributed by atoms with van der Waals surface area (Å²) in [5, 5.41) is 6.12. The van der Waals surface area contributed by atoms with Crippen LogP contribution in [0, 0.1) is 6.92 Å². The maximum absolute atomic E-state index is 12.4. The first kappa shape index (κ1) is 21.1. The molecule has 0 spiro atoms. The van der Waals surface area contributed by atoms with Crippen LogP contribution >= 0.6 is 22.7 Å². The zero-order chi connectivity index (χ0) is 20.8. The first-order valence-corrected chi connectivity index (χ1v) is 10.8. The van der Waals surface area contributed by atoms with E-state index in [1.807, 2.05) is 6.92 Å². The molecule has 1 aromatic carbocycles. The van der Waals surface area contributed by atoms with Crippen molar-refractivity contribution in [1.29, 1.82) is 0 Å². The predicted molar refractivity (Wildman–Crippen MR) is 117 cm³/mol. The van der Waals surface area contributed by atoms with E-state index in [1.54, 1.807) is 56.1 Å². The van der Waals surface area contributed by atoms with E-state index >= 15 is 0 Å². The fourth-order valence-corrected chi connectivity index (χ4v) is 4.59. The van der Waals surface area contributed by atoms with E-state index in [4.69, 9.17) is 14.2 Å². The van der Waals surface area contributed by atoms with Gasteiger partial charge in [-0.05, 0) is 43.2 Å². The van der Waals surface area contributed by atoms with E-state index in [-0.39, 0.29) is 12.3 Å². The number of methoxy groups -OCH3 is 3. The molecule has 2 aromatic heterocycles. The van der Waals surface area contributed by atoms with Crippen molar-refractivity contribution in [2.24, 2.45) is 0 Å². The summed E-state index contributed by atoms with van der Waals surface area (Å²) in [6.45, 7) is 2.59. The Morgan fingerprint density at radius 2 is 1.83 bits per heavy atom. The Morgan fingerprint density at radius 3 is 2.41 bits per heavy atom. The average Bonchev–Trinajstić information content (AvgIpc) is 3.36. The third kappa shape index (κ3) is 5.27. The number of hydrogen-bond donors (Lipinski definition) is 1. The van der Waals surface area contributed by atoms with E-state index in [1.165, 1.54) is 4.88 Å². The van der Waals surface area contributed by atoms with Crippen molar-refractivity contribution in [3.05, 3.63) is 45.1 Å². The van der Waals surface area contributed by atoms with Crippen LogP contribution in [0.2, 0.25) is 0 Å². The number of aromatic nitrogens is 1. The number of aryl methyl sites for hydroxylation is 1. The minimum atomic E-state index is -0.0498. The molecule has 154 valence electrons. The Kier molecular flexibility index (Phi) is 7.11. The first-order chi connectivity index (χ1) is 14.0. The summed E-state index contributed by atoms with van der Waals surface area (Å²) in [5.74, 6) is 1.55. The quantitative estimate of drug-likeness (QED) is 0.551. The van der Waals surface area contributed by atoms with E-state index in [2.05, 4.69) is 27.8 Å². The van der Waals surface area contributed by atoms with Crippen LogP contribution in [0.3, 0.4) is 0 Å². The summed E-state index contributed by atoms with van der Waals surface area (Å²) in [7, 11) is 4.67. The second-order valence-corrected chi connectivity index (χ2v) is 8.56. The van der Waals surface area contributed by atoms with E-state index < -0.39 is 0 Å². The van der Waals surface area contributed by atoms with Gasteiger partial charge >= 0.3 is 0 Å². The Balaban J connectivity index is 1.55. The molecule has 8 heteroatoms. The number of rotatable bonds is 9. The van der Waals surface area contributed by atoms with Crippen LogP contribution in [0.15, 0.2) is 29.6 Å². The van der Waals surface area contributed by atoms with Gasteiger partial charge in [0, 0.05) is 16.8 Å². The van der Waals surface area contributed by atoms with Gasteiger partial charge in [0.2, 0.25) is 11.7 Å². The lowest BCUT2D eigenvalue weighted by atomic mass is 10.1. The van der Waals surface area contributed by atoms with Gasteiger partial charge in [-0.3, -0.25) is 4.79 Å². The van der Waals surface area contributed by atoms with Crippen molar-refractivity contribution in [2.45, 2.75) is 19.8 Å². The van der Waals surface area contributed by atoms with Crippen molar-refractivity contribution < 1.29 is 19.0 Å². The van der Waals surface area contributed by atoms with Gasteiger partial charge in [-0.1, -0.05) is 0 Å². The molecule has 3 aromatic rings. The molecule has 3 rings (SSSR count). The SMILES string of the molecule is COc1cc(CC(=O)NCCc2ccc(-c3csc(C)n3)s2)cc(OC)c1OC. The zero-order valence-electron chi connectivity index (χ0n) is 16.9. The van der Waals surface area contributed by atoms with Crippen LogP contribution in [0.1, 0.15) is 15.4 Å². The topological polar surface area (TPSA) is 69.7 Å². The van der Waals surface area contributed by atoms with Gasteiger partial charge in [0.05, 0.1) is 43.3 Å². The lowest BCUT2D eigenvalue weighted by Crippen LogP contribution is -2.27. The molecular formula is C21H24N2O4S2. The monoisotopic (exact) mass is 432 g/mol. The van der Waals surface area contributed by atoms with Crippen LogP contribution in [0.4, 0.5) is 0 Å². The second-order valence-electron chi connectivity index (χ2n) is 6.33. The lowest BCUT2D eigenvalue weighted by Gasteiger charge is -2.14. The second kappa shape index (κ2) is 9.76. The Hall–Kier alpha value is -2.58. The summed E-state index contributed by atoms with van der Waals surface area (Å²) < 4.78 is 16.0. The fraction of sp³-hybridized carbons (Fsp3) is 0.333. The highest BCUT2D eigenvalue weighted by Crippen LogP contribution is 2.38. The molecular weight excluding hydrogens is 408 g/mol. The molecule has 0 unspecified atom stereocenters. The van der Waals surface area contributed by atoms with E-state index in [9.17, 15) is 4.79 Å². The van der Waals surface area contributed by atoms with Crippen molar-refractivity contribution in [3.63, 3.8) is 0 Å². The number of carbonyl (C=O) groups excluding carboxylic acids is 1. The molecule has 0 fully saturated rings. The van der Waals surface area contributed by atoms with Crippen molar-refractivity contribution in [3.8, 4) is 27.8 Å². The standard InChI is InChI=1S/C21H24N2O4S2/c1-13-23-16(12-28-13)19-6-5-15(29-19)7-8-22-20(24)11-14-9-17(25-2)21(27-4)18(10-14)26-3/h5-6,9-10,12H,7-8,11H2,1-4H3,(H,22,24). The zero-order valence-corrected chi connectivity index (χ0v) is 18.5. The molecule has 0 aliphatic rings. The molecule has 29 heavy (non-hydrogen) atoms. The lowest BCUT2D eigenvalue weighted by molar-refractivity contribution is -0.120. The van der Waals surface area contributed by atoms with Crippen LogP contribution in [-0.2, 0) is 17.6 Å². The smallest absolute Gasteiger partial charge is 0.224 e. The molecule has 0 atom stereocenters. The summed E-state index contributed by atoms with van der Waals surface area (Å²) in [5.41, 5.74) is 1.82. The average molecular weight is 433 g/mol. The molecule has 0 bridgehead atoms. The molecule has 1 N–H and O–H groups in total. The number of nitrogens with one attached hydrogen (secondary N) is 1. The number of hydrogen-bond acceptors (Lipinski definition) is 7. The minimum Gasteiger partial charge on any atom is -0.493 e. The molecule has 2 heterocycles. The number of ether oxygens (including phenoxy) is 3. The van der Waals surface area contributed by atoms with Gasteiger partial charge in [0.1, 0.15) is 0 Å². The van der Waals surface area contributed by atoms with Gasteiger partial charge < -0.3 is 19.5 Å². The van der Waals surface area contributed by atoms with Gasteiger partial charge in [-0.25, -0.2) is 4.98 Å². The molecule has 0 saturated heterocycles. The van der Waals surface area contributed by atoms with E-state index in [0.29, 0.717) is 23.8 Å². The molecule has 0 aliphatic carbocycles. The molecule has 6 nitrogen and oxygen atoms in total. The van der Waals surface area contributed by atoms with Gasteiger partial charge in [-0.2, -0.15) is 0 Å². The number of carbonyl (C=O) groups is 1. The summed E-state index contributed by atoms with van der Waals surface area (Å²) >= 11 is 3.37. The number of benzene rings is 1. The maximum Gasteiger partial charge on any atom is 0.224 e. The van der Waals surface area contributed by atoms with Crippen molar-refractivity contribution in [2.75, 3.05) is 27.9 Å². The fourth-order valence-electron chi connectivity index (χ4n) is 2.94. The summed E-state index contributed by atoms with van der Waals surface area (Å²) in [6, 6.07) is 7.77. The highest BCUT2D eigenvalue weighted by Gasteiger charge is 2.15. The minimum absolute atomic E-state index is 0.0498. The number of nitrogens with zero attached hydrogens (tertiary/aromatic N) is 1. The summed E-state index contributed by atoms with van der Waals surface area (Å²) in [6.07, 6.45) is 1.03. The predicted octanol–water partition coefficient (Wildman–Crippen LogP) is 4.11. The van der Waals surface area contributed by atoms with Gasteiger partial charge in [0.15, 0.2) is 11.5 Å². The normalized spacial score (nSPS) is 10.6. The Labute approximate surface area is 178 Å². The van der Waals surface area contributed by atoms with E-state index in [0.717, 1.165) is 27.6 Å². The highest BCUT2D eigenvalue weighted by atomic mass is 32.1. The molecule has 0 saturated carbocycles. The third-order valence-electron chi connectivity index (χ3n) is 4.32. The Bertz CT molecular complexity index is 956. The molecule has 0 aliphatic heterocycles. The number of thiophene rings is 1. The van der Waals surface area contributed by atoms with Gasteiger partial charge in [-0.15, -0.1) is 22.7 Å². The number of amides is 1. The molecule has 0 radical (unpaired) electrons. The highest BCUT2D eigenvalue weighted by molar-refractivity contribution is 7.16. The van der Waals surface area contributed by atoms with Crippen LogP contribution in [-0.4, -0.2) is 38.8 Å².